The number of hydrogen-bond acceptors (Lipinski definition) is 2. The van der Waals surface area contributed by atoms with Crippen LogP contribution in [0.3, 0.4) is 0 Å². The van der Waals surface area contributed by atoms with Crippen molar-refractivity contribution in [2.24, 2.45) is 5.92 Å². The molecule has 2 heterocycles. The van der Waals surface area contributed by atoms with Gasteiger partial charge in [-0.2, -0.15) is 0 Å². The van der Waals surface area contributed by atoms with Gasteiger partial charge in [-0.25, -0.2) is 8.78 Å². The van der Waals surface area contributed by atoms with E-state index in [2.05, 4.69) is 10.3 Å². The first-order chi connectivity index (χ1) is 13.5. The fourth-order valence-electron chi connectivity index (χ4n) is 3.59. The van der Waals surface area contributed by atoms with Gasteiger partial charge in [-0.3, -0.25) is 9.59 Å². The first kappa shape index (κ1) is 18.2. The number of fused-ring (bicyclic) bond motifs is 1. The van der Waals surface area contributed by atoms with Crippen LogP contribution in [0, 0.1) is 17.6 Å². The molecule has 28 heavy (non-hydrogen) atoms. The second kappa shape index (κ2) is 7.42. The normalized spacial score (nSPS) is 16.7. The molecule has 7 heteroatoms. The number of carbonyl (C=O) groups is 2. The smallest absolute Gasteiger partial charge is 0.229 e. The summed E-state index contributed by atoms with van der Waals surface area (Å²) >= 11 is 0. The van der Waals surface area contributed by atoms with Gasteiger partial charge in [0, 0.05) is 42.3 Å². The predicted octanol–water partition coefficient (Wildman–Crippen LogP) is 3.48. The summed E-state index contributed by atoms with van der Waals surface area (Å²) in [6.45, 7) is 0.767. The van der Waals surface area contributed by atoms with Gasteiger partial charge in [0.2, 0.25) is 11.8 Å². The molecule has 4 rings (SSSR count). The number of aromatic amines is 1. The molecule has 0 spiro atoms. The molecule has 0 unspecified atom stereocenters. The van der Waals surface area contributed by atoms with Crippen LogP contribution in [0.5, 0.6) is 0 Å². The predicted molar refractivity (Wildman–Crippen MR) is 102 cm³/mol. The molecule has 144 valence electrons. The maximum absolute atomic E-state index is 13.5. The quantitative estimate of drug-likeness (QED) is 0.709. The van der Waals surface area contributed by atoms with Gasteiger partial charge >= 0.3 is 0 Å². The van der Waals surface area contributed by atoms with Gasteiger partial charge in [0.15, 0.2) is 0 Å². The van der Waals surface area contributed by atoms with E-state index in [4.69, 9.17) is 0 Å². The molecule has 2 amide bonds. The van der Waals surface area contributed by atoms with Crippen LogP contribution in [0.4, 0.5) is 14.5 Å². The van der Waals surface area contributed by atoms with E-state index in [-0.39, 0.29) is 24.1 Å². The number of halogens is 2. The molecule has 1 fully saturated rings. The van der Waals surface area contributed by atoms with Gasteiger partial charge in [0.05, 0.1) is 5.92 Å². The van der Waals surface area contributed by atoms with Gasteiger partial charge in [0.1, 0.15) is 11.6 Å². The topological polar surface area (TPSA) is 65.2 Å². The minimum absolute atomic E-state index is 0.0922. The lowest BCUT2D eigenvalue weighted by molar-refractivity contribution is -0.128. The third-order valence-corrected chi connectivity index (χ3v) is 5.06. The molecule has 1 aromatic heterocycles. The number of likely N-dealkylation sites (tertiary alicyclic amines) is 1. The van der Waals surface area contributed by atoms with E-state index < -0.39 is 11.7 Å². The van der Waals surface area contributed by atoms with Crippen molar-refractivity contribution in [2.75, 3.05) is 18.4 Å². The summed E-state index contributed by atoms with van der Waals surface area (Å²) in [7, 11) is 0. The molecule has 0 aliphatic carbocycles. The molecular formula is C21H19F2N3O2. The van der Waals surface area contributed by atoms with Crippen molar-refractivity contribution in [1.29, 1.82) is 0 Å². The van der Waals surface area contributed by atoms with E-state index in [0.29, 0.717) is 25.2 Å². The van der Waals surface area contributed by atoms with E-state index in [1.165, 1.54) is 30.3 Å². The molecule has 3 aromatic rings. The summed E-state index contributed by atoms with van der Waals surface area (Å²) in [5.41, 5.74) is 2.14. The summed E-state index contributed by atoms with van der Waals surface area (Å²) in [5.74, 6) is -1.60. The van der Waals surface area contributed by atoms with E-state index >= 15 is 0 Å². The van der Waals surface area contributed by atoms with Crippen LogP contribution in [0.1, 0.15) is 12.0 Å². The fraction of sp³-hybridized carbons (Fsp3) is 0.238. The SMILES string of the molecule is O=C(Nc1cccc(F)c1)[C@@H]1CC(=O)N(CCc2c[nH]c3ccc(F)cc23)C1. The molecule has 5 nitrogen and oxygen atoms in total. The molecule has 2 N–H and O–H groups in total. The van der Waals surface area contributed by atoms with Crippen LogP contribution in [-0.4, -0.2) is 34.8 Å². The maximum Gasteiger partial charge on any atom is 0.229 e. The number of amides is 2. The highest BCUT2D eigenvalue weighted by molar-refractivity contribution is 5.97. The minimum Gasteiger partial charge on any atom is -0.361 e. The Labute approximate surface area is 160 Å². The number of hydrogen-bond donors (Lipinski definition) is 2. The van der Waals surface area contributed by atoms with Crippen molar-refractivity contribution in [3.8, 4) is 0 Å². The first-order valence-corrected chi connectivity index (χ1v) is 9.09. The monoisotopic (exact) mass is 383 g/mol. The zero-order chi connectivity index (χ0) is 19.7. The first-order valence-electron chi connectivity index (χ1n) is 9.09. The molecule has 0 radical (unpaired) electrons. The molecule has 1 saturated heterocycles. The minimum atomic E-state index is -0.476. The number of benzene rings is 2. The highest BCUT2D eigenvalue weighted by Crippen LogP contribution is 2.23. The second-order valence-electron chi connectivity index (χ2n) is 6.99. The van der Waals surface area contributed by atoms with Crippen molar-refractivity contribution in [2.45, 2.75) is 12.8 Å². The zero-order valence-electron chi connectivity index (χ0n) is 15.0. The van der Waals surface area contributed by atoms with Crippen LogP contribution in [-0.2, 0) is 16.0 Å². The van der Waals surface area contributed by atoms with E-state index in [1.54, 1.807) is 17.0 Å². The van der Waals surface area contributed by atoms with Crippen molar-refractivity contribution in [3.63, 3.8) is 0 Å². The lowest BCUT2D eigenvalue weighted by Gasteiger charge is -2.16. The number of nitrogens with one attached hydrogen (secondary N) is 2. The molecule has 1 aliphatic heterocycles. The Morgan fingerprint density at radius 2 is 2.00 bits per heavy atom. The van der Waals surface area contributed by atoms with Crippen LogP contribution in [0.15, 0.2) is 48.7 Å². The number of rotatable bonds is 5. The summed E-state index contributed by atoms with van der Waals surface area (Å²) < 4.78 is 26.7. The van der Waals surface area contributed by atoms with Gasteiger partial charge in [-0.15, -0.1) is 0 Å². The molecule has 1 atom stereocenters. The number of nitrogens with zero attached hydrogens (tertiary/aromatic N) is 1. The number of H-pyrrole nitrogens is 1. The third-order valence-electron chi connectivity index (χ3n) is 5.06. The van der Waals surface area contributed by atoms with Crippen molar-refractivity contribution in [1.82, 2.24) is 9.88 Å². The van der Waals surface area contributed by atoms with Crippen LogP contribution < -0.4 is 5.32 Å². The lowest BCUT2D eigenvalue weighted by Crippen LogP contribution is -2.30. The number of aromatic nitrogens is 1. The summed E-state index contributed by atoms with van der Waals surface area (Å²) in [6.07, 6.45) is 2.51. The van der Waals surface area contributed by atoms with Gasteiger partial charge in [-0.05, 0) is 48.4 Å². The summed E-state index contributed by atoms with van der Waals surface area (Å²) in [6, 6.07) is 10.2. The zero-order valence-corrected chi connectivity index (χ0v) is 15.0. The van der Waals surface area contributed by atoms with Crippen molar-refractivity contribution in [3.05, 3.63) is 65.9 Å². The highest BCUT2D eigenvalue weighted by atomic mass is 19.1. The Balaban J connectivity index is 1.38. The third kappa shape index (κ3) is 3.74. The number of carbonyl (C=O) groups excluding carboxylic acids is 2. The van der Waals surface area contributed by atoms with E-state index in [9.17, 15) is 18.4 Å². The molecule has 1 aliphatic rings. The standard InChI is InChI=1S/C21H19F2N3O2/c22-15-2-1-3-17(9-15)25-21(28)14-8-20(27)26(12-14)7-6-13-11-24-19-5-4-16(23)10-18(13)19/h1-5,9-11,14,24H,6-8,12H2,(H,25,28)/t14-/m1/s1. The number of anilines is 1. The lowest BCUT2D eigenvalue weighted by atomic mass is 10.1. The molecule has 0 saturated carbocycles. The second-order valence-corrected chi connectivity index (χ2v) is 6.99. The van der Waals surface area contributed by atoms with E-state index in [0.717, 1.165) is 16.5 Å². The fourth-order valence-corrected chi connectivity index (χ4v) is 3.59. The summed E-state index contributed by atoms with van der Waals surface area (Å²) in [4.78, 5) is 29.4. The van der Waals surface area contributed by atoms with Crippen LogP contribution in [0.25, 0.3) is 10.9 Å². The Bertz CT molecular complexity index is 1050. The molecule has 0 bridgehead atoms. The molecular weight excluding hydrogens is 364 g/mol. The van der Waals surface area contributed by atoms with Crippen molar-refractivity contribution < 1.29 is 18.4 Å². The van der Waals surface area contributed by atoms with Gasteiger partial charge in [0.25, 0.3) is 0 Å². The van der Waals surface area contributed by atoms with Crippen LogP contribution >= 0.6 is 0 Å². The Morgan fingerprint density at radius 3 is 2.82 bits per heavy atom. The largest absolute Gasteiger partial charge is 0.361 e. The van der Waals surface area contributed by atoms with Crippen LogP contribution in [0.2, 0.25) is 0 Å². The molecule has 2 aromatic carbocycles. The Hall–Kier alpha value is -3.22. The summed E-state index contributed by atoms with van der Waals surface area (Å²) in [5, 5.41) is 3.46. The Morgan fingerprint density at radius 1 is 1.18 bits per heavy atom. The van der Waals surface area contributed by atoms with Gasteiger partial charge < -0.3 is 15.2 Å². The average Bonchev–Trinajstić information content (AvgIpc) is 3.23. The van der Waals surface area contributed by atoms with Crippen molar-refractivity contribution >= 4 is 28.4 Å². The Kier molecular flexibility index (Phi) is 4.81. The highest BCUT2D eigenvalue weighted by Gasteiger charge is 2.34. The van der Waals surface area contributed by atoms with E-state index in [1.807, 2.05) is 6.20 Å². The maximum atomic E-state index is 13.5. The average molecular weight is 383 g/mol. The van der Waals surface area contributed by atoms with Gasteiger partial charge in [-0.1, -0.05) is 6.07 Å².